The SMILES string of the molecule is CC(N)C(=O)NC(CC(=O)O)C(=O)NCC(=O)NC(CS)C(=O)O. The molecule has 0 aromatic rings. The molecule has 0 spiro atoms. The zero-order valence-corrected chi connectivity index (χ0v) is 13.7. The molecule has 11 nitrogen and oxygen atoms in total. The highest BCUT2D eigenvalue weighted by Gasteiger charge is 2.25. The number of carbonyl (C=O) groups is 5. The first-order valence-electron chi connectivity index (χ1n) is 6.77. The number of carbonyl (C=O) groups excluding carboxylic acids is 3. The van der Waals surface area contributed by atoms with Gasteiger partial charge in [-0.3, -0.25) is 19.2 Å². The normalized spacial score (nSPS) is 14.0. The number of thiol groups is 1. The first-order valence-corrected chi connectivity index (χ1v) is 7.40. The van der Waals surface area contributed by atoms with Gasteiger partial charge in [-0.15, -0.1) is 0 Å². The number of amides is 3. The second-order valence-corrected chi connectivity index (χ2v) is 5.17. The Balaban J connectivity index is 4.65. The van der Waals surface area contributed by atoms with E-state index in [1.54, 1.807) is 0 Å². The summed E-state index contributed by atoms with van der Waals surface area (Å²) in [6.07, 6.45) is -0.708. The Morgan fingerprint density at radius 2 is 1.62 bits per heavy atom. The topological polar surface area (TPSA) is 188 Å². The van der Waals surface area contributed by atoms with Crippen LogP contribution in [0.5, 0.6) is 0 Å². The number of rotatable bonds is 10. The molecule has 12 heteroatoms. The molecule has 24 heavy (non-hydrogen) atoms. The Hall–Kier alpha value is -2.34. The number of carboxylic acids is 2. The van der Waals surface area contributed by atoms with Crippen LogP contribution in [0.4, 0.5) is 0 Å². The van der Waals surface area contributed by atoms with E-state index in [-0.39, 0.29) is 5.75 Å². The van der Waals surface area contributed by atoms with Crippen LogP contribution in [0.15, 0.2) is 0 Å². The van der Waals surface area contributed by atoms with Crippen molar-refractivity contribution in [3.63, 3.8) is 0 Å². The Kier molecular flexibility index (Phi) is 9.42. The van der Waals surface area contributed by atoms with Gasteiger partial charge in [0.05, 0.1) is 19.0 Å². The van der Waals surface area contributed by atoms with Gasteiger partial charge in [-0.2, -0.15) is 12.6 Å². The van der Waals surface area contributed by atoms with Crippen LogP contribution in [0.1, 0.15) is 13.3 Å². The fraction of sp³-hybridized carbons (Fsp3) is 0.583. The lowest BCUT2D eigenvalue weighted by atomic mass is 10.1. The van der Waals surface area contributed by atoms with Crippen LogP contribution in [0, 0.1) is 0 Å². The fourth-order valence-corrected chi connectivity index (χ4v) is 1.66. The van der Waals surface area contributed by atoms with E-state index in [0.29, 0.717) is 0 Å². The van der Waals surface area contributed by atoms with E-state index in [1.165, 1.54) is 6.92 Å². The maximum absolute atomic E-state index is 11.9. The van der Waals surface area contributed by atoms with Crippen LogP contribution in [-0.4, -0.2) is 70.3 Å². The molecule has 0 saturated carbocycles. The lowest BCUT2D eigenvalue weighted by Crippen LogP contribution is -2.53. The summed E-state index contributed by atoms with van der Waals surface area (Å²) in [5.41, 5.74) is 5.32. The van der Waals surface area contributed by atoms with E-state index in [9.17, 15) is 24.0 Å². The molecule has 0 bridgehead atoms. The first kappa shape index (κ1) is 21.7. The average Bonchev–Trinajstić information content (AvgIpc) is 2.48. The number of nitrogens with one attached hydrogen (secondary N) is 3. The van der Waals surface area contributed by atoms with Crippen molar-refractivity contribution < 1.29 is 34.2 Å². The summed E-state index contributed by atoms with van der Waals surface area (Å²) in [5.74, 6) is -5.25. The quantitative estimate of drug-likeness (QED) is 0.198. The van der Waals surface area contributed by atoms with Crippen molar-refractivity contribution in [2.24, 2.45) is 5.73 Å². The Labute approximate surface area is 142 Å². The number of nitrogens with two attached hydrogens (primary N) is 1. The van der Waals surface area contributed by atoms with E-state index in [0.717, 1.165) is 0 Å². The smallest absolute Gasteiger partial charge is 0.327 e. The van der Waals surface area contributed by atoms with E-state index < -0.39 is 60.8 Å². The van der Waals surface area contributed by atoms with Crippen LogP contribution in [0.25, 0.3) is 0 Å². The standard InChI is InChI=1S/C12H20N4O7S/c1-5(13)10(20)16-6(2-9(18)19)11(21)14-3-8(17)15-7(4-24)12(22)23/h5-7,24H,2-4,13H2,1H3,(H,14,21)(H,15,17)(H,16,20)(H,18,19)(H,22,23). The second kappa shape index (κ2) is 10.4. The lowest BCUT2D eigenvalue weighted by Gasteiger charge is -2.18. The van der Waals surface area contributed by atoms with Gasteiger partial charge in [-0.05, 0) is 6.92 Å². The predicted molar refractivity (Wildman–Crippen MR) is 84.3 cm³/mol. The number of hydrogen-bond acceptors (Lipinski definition) is 7. The van der Waals surface area contributed by atoms with Gasteiger partial charge in [0.25, 0.3) is 0 Å². The molecule has 0 aliphatic carbocycles. The molecule has 0 heterocycles. The summed E-state index contributed by atoms with van der Waals surface area (Å²) in [6.45, 7) is 0.753. The minimum Gasteiger partial charge on any atom is -0.481 e. The number of aliphatic carboxylic acids is 2. The van der Waals surface area contributed by atoms with Gasteiger partial charge in [0.2, 0.25) is 17.7 Å². The summed E-state index contributed by atoms with van der Waals surface area (Å²) in [7, 11) is 0. The highest BCUT2D eigenvalue weighted by atomic mass is 32.1. The van der Waals surface area contributed by atoms with Gasteiger partial charge >= 0.3 is 11.9 Å². The summed E-state index contributed by atoms with van der Waals surface area (Å²) in [4.78, 5) is 56.4. The van der Waals surface area contributed by atoms with Crippen molar-refractivity contribution in [1.29, 1.82) is 0 Å². The van der Waals surface area contributed by atoms with Crippen molar-refractivity contribution >= 4 is 42.3 Å². The van der Waals surface area contributed by atoms with Gasteiger partial charge in [0.1, 0.15) is 12.1 Å². The molecule has 0 fully saturated rings. The fourth-order valence-electron chi connectivity index (χ4n) is 1.41. The predicted octanol–water partition coefficient (Wildman–Crippen LogP) is -3.09. The van der Waals surface area contributed by atoms with Crippen molar-refractivity contribution in [2.45, 2.75) is 31.5 Å². The van der Waals surface area contributed by atoms with Gasteiger partial charge in [-0.25, -0.2) is 4.79 Å². The van der Waals surface area contributed by atoms with Crippen LogP contribution < -0.4 is 21.7 Å². The summed E-state index contributed by atoms with van der Waals surface area (Å²) in [6, 6.07) is -3.61. The maximum Gasteiger partial charge on any atom is 0.327 e. The third-order valence-electron chi connectivity index (χ3n) is 2.66. The van der Waals surface area contributed by atoms with Crippen LogP contribution in [0.3, 0.4) is 0 Å². The van der Waals surface area contributed by atoms with Crippen LogP contribution >= 0.6 is 12.6 Å². The molecule has 0 aliphatic heterocycles. The van der Waals surface area contributed by atoms with E-state index in [2.05, 4.69) is 28.6 Å². The molecule has 3 atom stereocenters. The molecule has 7 N–H and O–H groups in total. The van der Waals surface area contributed by atoms with Gasteiger partial charge in [-0.1, -0.05) is 0 Å². The summed E-state index contributed by atoms with van der Waals surface area (Å²) >= 11 is 3.76. The van der Waals surface area contributed by atoms with Gasteiger partial charge < -0.3 is 31.9 Å². The maximum atomic E-state index is 11.9. The Morgan fingerprint density at radius 3 is 2.04 bits per heavy atom. The zero-order chi connectivity index (χ0) is 18.9. The van der Waals surface area contributed by atoms with Crippen LogP contribution in [0.2, 0.25) is 0 Å². The Bertz CT molecular complexity index is 512. The van der Waals surface area contributed by atoms with Crippen LogP contribution in [-0.2, 0) is 24.0 Å². The minimum absolute atomic E-state index is 0.152. The molecule has 0 rings (SSSR count). The molecule has 3 unspecified atom stereocenters. The molecule has 0 aliphatic rings. The lowest BCUT2D eigenvalue weighted by molar-refractivity contribution is -0.142. The second-order valence-electron chi connectivity index (χ2n) is 4.81. The largest absolute Gasteiger partial charge is 0.481 e. The van der Waals surface area contributed by atoms with Gasteiger partial charge in [0.15, 0.2) is 0 Å². The molecule has 0 radical (unpaired) electrons. The molecule has 0 aromatic carbocycles. The van der Waals surface area contributed by atoms with Gasteiger partial charge in [0, 0.05) is 5.75 Å². The Morgan fingerprint density at radius 1 is 1.04 bits per heavy atom. The molecular formula is C12H20N4O7S. The highest BCUT2D eigenvalue weighted by Crippen LogP contribution is 1.95. The average molecular weight is 364 g/mol. The third kappa shape index (κ3) is 8.33. The van der Waals surface area contributed by atoms with E-state index >= 15 is 0 Å². The van der Waals surface area contributed by atoms with E-state index in [4.69, 9.17) is 15.9 Å². The minimum atomic E-state index is -1.42. The highest BCUT2D eigenvalue weighted by molar-refractivity contribution is 7.80. The molecular weight excluding hydrogens is 344 g/mol. The molecule has 136 valence electrons. The third-order valence-corrected chi connectivity index (χ3v) is 3.03. The van der Waals surface area contributed by atoms with Crippen molar-refractivity contribution in [1.82, 2.24) is 16.0 Å². The molecule has 3 amide bonds. The summed E-state index contributed by atoms with van der Waals surface area (Å²) < 4.78 is 0. The summed E-state index contributed by atoms with van der Waals surface area (Å²) in [5, 5.41) is 23.9. The molecule has 0 saturated heterocycles. The first-order chi connectivity index (χ1) is 11.1. The van der Waals surface area contributed by atoms with Crippen molar-refractivity contribution in [2.75, 3.05) is 12.3 Å². The van der Waals surface area contributed by atoms with Crippen molar-refractivity contribution in [3.05, 3.63) is 0 Å². The number of hydrogen-bond donors (Lipinski definition) is 7. The monoisotopic (exact) mass is 364 g/mol. The van der Waals surface area contributed by atoms with E-state index in [1.807, 2.05) is 0 Å². The zero-order valence-electron chi connectivity index (χ0n) is 12.8. The van der Waals surface area contributed by atoms with Crippen molar-refractivity contribution in [3.8, 4) is 0 Å². The number of carboxylic acid groups (broad SMARTS) is 2. The molecule has 0 aromatic heterocycles.